The van der Waals surface area contributed by atoms with E-state index < -0.39 is 61.4 Å². The molecule has 11 heteroatoms. The lowest BCUT2D eigenvalue weighted by Gasteiger charge is -2.50. The maximum atomic E-state index is 7.51. The van der Waals surface area contributed by atoms with Crippen molar-refractivity contribution in [1.82, 2.24) is 0 Å². The molecule has 2 aliphatic rings. The topological polar surface area (TPSA) is 102 Å². The number of benzene rings is 7. The number of ether oxygens (including phenoxy) is 11. The number of methoxy groups -OCH3 is 1. The Balaban J connectivity index is 1.11. The lowest BCUT2D eigenvalue weighted by molar-refractivity contribution is -0.376. The molecule has 0 amide bonds. The minimum Gasteiger partial charge on any atom is -0.374 e. The maximum absolute atomic E-state index is 7.51. The molecule has 0 N–H and O–H groups in total. The van der Waals surface area contributed by atoms with Gasteiger partial charge < -0.3 is 52.1 Å². The van der Waals surface area contributed by atoms with Crippen molar-refractivity contribution in [2.75, 3.05) is 20.3 Å². The summed E-state index contributed by atoms with van der Waals surface area (Å²) in [6.45, 7) is 2.27. The third-order valence-electron chi connectivity index (χ3n) is 12.9. The molecule has 2 heterocycles. The first-order valence-corrected chi connectivity index (χ1v) is 25.2. The van der Waals surface area contributed by atoms with E-state index in [1.807, 2.05) is 212 Å². The third-order valence-corrected chi connectivity index (χ3v) is 12.9. The number of hydrogen-bond donors (Lipinski definition) is 0. The second-order valence-corrected chi connectivity index (χ2v) is 18.2. The second-order valence-electron chi connectivity index (χ2n) is 18.2. The van der Waals surface area contributed by atoms with E-state index in [0.717, 1.165) is 38.9 Å². The van der Waals surface area contributed by atoms with Crippen LogP contribution in [-0.2, 0) is 98.4 Å². The highest BCUT2D eigenvalue weighted by Gasteiger charge is 2.54. The molecule has 73 heavy (non-hydrogen) atoms. The summed E-state index contributed by atoms with van der Waals surface area (Å²) in [7, 11) is 1.61. The zero-order chi connectivity index (χ0) is 49.7. The van der Waals surface area contributed by atoms with Crippen LogP contribution >= 0.6 is 0 Å². The molecule has 0 saturated carbocycles. The molecule has 0 bridgehead atoms. The highest BCUT2D eigenvalue weighted by molar-refractivity contribution is 5.19. The van der Waals surface area contributed by atoms with Crippen LogP contribution in [0.3, 0.4) is 0 Å². The molecule has 380 valence electrons. The maximum Gasteiger partial charge on any atom is 0.187 e. The number of hydrogen-bond acceptors (Lipinski definition) is 11. The monoisotopic (exact) mass is 986 g/mol. The van der Waals surface area contributed by atoms with Gasteiger partial charge in [-0.2, -0.15) is 0 Å². The summed E-state index contributed by atoms with van der Waals surface area (Å²) in [5.74, 6) is 0. The summed E-state index contributed by atoms with van der Waals surface area (Å²) in [5.41, 5.74) is 6.95. The van der Waals surface area contributed by atoms with Crippen LogP contribution in [0.2, 0.25) is 0 Å². The van der Waals surface area contributed by atoms with Gasteiger partial charge in [0, 0.05) is 7.11 Å². The highest BCUT2D eigenvalue weighted by atomic mass is 16.8. The summed E-state index contributed by atoms with van der Waals surface area (Å²) < 4.78 is 75.9. The molecule has 7 aromatic carbocycles. The van der Waals surface area contributed by atoms with Crippen LogP contribution in [0.4, 0.5) is 0 Å². The van der Waals surface area contributed by atoms with E-state index in [2.05, 4.69) is 0 Å². The van der Waals surface area contributed by atoms with Crippen molar-refractivity contribution in [2.45, 2.75) is 108 Å². The predicted molar refractivity (Wildman–Crippen MR) is 276 cm³/mol. The standard InChI is InChI=1S/C62H66O11/c1-63-61-59(69-42-51-33-19-7-20-34-51)58(68-41-50-31-17-6-18-32-50)56(54(71-61)45-65-38-47-25-11-3-12-26-47)73-62-60(70-43-52-35-21-8-22-36-52)57(67-40-49-29-15-5-16-30-49)55(66-39-48-27-13-4-14-28-48)53(72-62)44-64-37-46-23-9-2-10-24-46/h2-36,53-62H,37-45H2,1H3/t53-,54-,55-,56-,57+,58+,59-,60+,61+,62?/m1/s1. The largest absolute Gasteiger partial charge is 0.374 e. The Kier molecular flexibility index (Phi) is 19.9. The van der Waals surface area contributed by atoms with Gasteiger partial charge in [-0.1, -0.05) is 212 Å². The van der Waals surface area contributed by atoms with Crippen LogP contribution in [0.25, 0.3) is 0 Å². The molecule has 2 fully saturated rings. The molecule has 11 nitrogen and oxygen atoms in total. The fourth-order valence-corrected chi connectivity index (χ4v) is 9.14. The van der Waals surface area contributed by atoms with Crippen LogP contribution in [0.15, 0.2) is 212 Å². The van der Waals surface area contributed by atoms with Crippen LogP contribution in [0, 0.1) is 0 Å². The summed E-state index contributed by atoms with van der Waals surface area (Å²) in [5, 5.41) is 0. The summed E-state index contributed by atoms with van der Waals surface area (Å²) in [6, 6.07) is 70.4. The zero-order valence-corrected chi connectivity index (χ0v) is 41.3. The van der Waals surface area contributed by atoms with Gasteiger partial charge >= 0.3 is 0 Å². The van der Waals surface area contributed by atoms with Crippen molar-refractivity contribution in [2.24, 2.45) is 0 Å². The van der Waals surface area contributed by atoms with E-state index in [-0.39, 0.29) is 46.2 Å². The Bertz CT molecular complexity index is 2560. The molecule has 2 aliphatic heterocycles. The van der Waals surface area contributed by atoms with Gasteiger partial charge in [0.15, 0.2) is 12.6 Å². The molecule has 1 unspecified atom stereocenters. The summed E-state index contributed by atoms with van der Waals surface area (Å²) >= 11 is 0. The lowest BCUT2D eigenvalue weighted by atomic mass is 9.95. The van der Waals surface area contributed by atoms with Gasteiger partial charge in [-0.05, 0) is 38.9 Å². The molecule has 0 radical (unpaired) electrons. The Morgan fingerprint density at radius 2 is 0.548 bits per heavy atom. The van der Waals surface area contributed by atoms with E-state index in [0.29, 0.717) is 13.2 Å². The molecular formula is C62H66O11. The quantitative estimate of drug-likeness (QED) is 0.0518. The van der Waals surface area contributed by atoms with Crippen molar-refractivity contribution in [3.63, 3.8) is 0 Å². The minimum atomic E-state index is -1.09. The van der Waals surface area contributed by atoms with Crippen LogP contribution in [0.1, 0.15) is 38.9 Å². The van der Waals surface area contributed by atoms with E-state index in [1.165, 1.54) is 0 Å². The molecule has 9 rings (SSSR count). The minimum absolute atomic E-state index is 0.124. The van der Waals surface area contributed by atoms with Gasteiger partial charge in [0.05, 0.1) is 59.5 Å². The van der Waals surface area contributed by atoms with Crippen LogP contribution in [0.5, 0.6) is 0 Å². The lowest BCUT2D eigenvalue weighted by Crippen LogP contribution is -2.66. The van der Waals surface area contributed by atoms with Gasteiger partial charge in [-0.25, -0.2) is 0 Å². The zero-order valence-electron chi connectivity index (χ0n) is 41.3. The normalized spacial score (nSPS) is 24.0. The summed E-state index contributed by atoms with van der Waals surface area (Å²) in [6.07, 6.45) is -8.10. The van der Waals surface area contributed by atoms with Crippen molar-refractivity contribution < 1.29 is 52.1 Å². The average Bonchev–Trinajstić information content (AvgIpc) is 3.45. The molecule has 0 spiro atoms. The van der Waals surface area contributed by atoms with E-state index in [9.17, 15) is 0 Å². The fourth-order valence-electron chi connectivity index (χ4n) is 9.14. The van der Waals surface area contributed by atoms with Crippen molar-refractivity contribution in [3.8, 4) is 0 Å². The first-order valence-electron chi connectivity index (χ1n) is 25.2. The van der Waals surface area contributed by atoms with Crippen LogP contribution < -0.4 is 0 Å². The molecule has 0 aromatic heterocycles. The predicted octanol–water partition coefficient (Wildman–Crippen LogP) is 10.8. The Morgan fingerprint density at radius 1 is 0.288 bits per heavy atom. The SMILES string of the molecule is CO[C@H]1O[C@H](COCc2ccccc2)[C@@H](OC2O[C@H](COCc3ccccc3)[C@@H](OCc3ccccc3)[C@H](OCc3ccccc3)[C@@H]2OCc2ccccc2)[C@H](OCc2ccccc2)[C@H]1OCc1ccccc1. The van der Waals surface area contributed by atoms with Crippen molar-refractivity contribution >= 4 is 0 Å². The Labute approximate surface area is 429 Å². The first-order chi connectivity index (χ1) is 36.2. The van der Waals surface area contributed by atoms with Gasteiger partial charge in [0.1, 0.15) is 48.8 Å². The molecule has 0 aliphatic carbocycles. The molecule has 7 aromatic rings. The Hall–Kier alpha value is -5.90. The Morgan fingerprint density at radius 3 is 0.890 bits per heavy atom. The number of rotatable bonds is 26. The van der Waals surface area contributed by atoms with Crippen molar-refractivity contribution in [3.05, 3.63) is 251 Å². The summed E-state index contributed by atoms with van der Waals surface area (Å²) in [4.78, 5) is 0. The van der Waals surface area contributed by atoms with Gasteiger partial charge in [0.25, 0.3) is 0 Å². The van der Waals surface area contributed by atoms with Crippen LogP contribution in [-0.4, -0.2) is 81.7 Å². The fraction of sp³-hybridized carbons (Fsp3) is 0.323. The van der Waals surface area contributed by atoms with E-state index in [4.69, 9.17) is 52.1 Å². The van der Waals surface area contributed by atoms with E-state index in [1.54, 1.807) is 7.11 Å². The average molecular weight is 987 g/mol. The van der Waals surface area contributed by atoms with Gasteiger partial charge in [-0.3, -0.25) is 0 Å². The van der Waals surface area contributed by atoms with Crippen molar-refractivity contribution in [1.29, 1.82) is 0 Å². The van der Waals surface area contributed by atoms with Gasteiger partial charge in [-0.15, -0.1) is 0 Å². The third kappa shape index (κ3) is 15.3. The smallest absolute Gasteiger partial charge is 0.187 e. The molecule has 10 atom stereocenters. The molecule has 2 saturated heterocycles. The van der Waals surface area contributed by atoms with E-state index >= 15 is 0 Å². The highest BCUT2D eigenvalue weighted by Crippen LogP contribution is 2.37. The second kappa shape index (κ2) is 28.0. The molecular weight excluding hydrogens is 921 g/mol. The van der Waals surface area contributed by atoms with Gasteiger partial charge in [0.2, 0.25) is 0 Å². The first kappa shape index (κ1) is 52.0.